The van der Waals surface area contributed by atoms with Gasteiger partial charge in [0.25, 0.3) is 0 Å². The van der Waals surface area contributed by atoms with Gasteiger partial charge in [-0.2, -0.15) is 13.2 Å². The molecule has 0 bridgehead atoms. The molecule has 0 heterocycles. The van der Waals surface area contributed by atoms with Gasteiger partial charge in [0, 0.05) is 0 Å². The molecule has 22 heavy (non-hydrogen) atoms. The largest absolute Gasteiger partial charge is 0.418 e. The van der Waals surface area contributed by atoms with Crippen molar-refractivity contribution in [2.24, 2.45) is 0 Å². The highest BCUT2D eigenvalue weighted by Gasteiger charge is 2.33. The highest BCUT2D eigenvalue weighted by Crippen LogP contribution is 2.34. The zero-order chi connectivity index (χ0) is 16.2. The molecule has 0 aliphatic heterocycles. The minimum Gasteiger partial charge on any atom is -0.298 e. The summed E-state index contributed by atoms with van der Waals surface area (Å²) in [5, 5.41) is 0. The van der Waals surface area contributed by atoms with Gasteiger partial charge in [0.1, 0.15) is 5.82 Å². The van der Waals surface area contributed by atoms with E-state index in [0.29, 0.717) is 0 Å². The molecule has 0 saturated carbocycles. The van der Waals surface area contributed by atoms with Crippen molar-refractivity contribution in [1.29, 1.82) is 0 Å². The number of carbonyl (C=O) groups is 1. The topological polar surface area (TPSA) is 41.1 Å². The highest BCUT2D eigenvalue weighted by molar-refractivity contribution is 5.80. The molecule has 0 saturated heterocycles. The van der Waals surface area contributed by atoms with Gasteiger partial charge in [-0.3, -0.25) is 15.6 Å². The maximum absolute atomic E-state index is 13.4. The Hall–Kier alpha value is -2.57. The first kappa shape index (κ1) is 15.8. The first-order valence-electron chi connectivity index (χ1n) is 6.32. The van der Waals surface area contributed by atoms with E-state index in [1.165, 1.54) is 36.4 Å². The minimum absolute atomic E-state index is 0.158. The summed E-state index contributed by atoms with van der Waals surface area (Å²) in [6.07, 6.45) is -4.83. The lowest BCUT2D eigenvalue weighted by Crippen LogP contribution is -2.32. The monoisotopic (exact) mass is 312 g/mol. The summed E-state index contributed by atoms with van der Waals surface area (Å²) in [6.45, 7) is 0. The second kappa shape index (κ2) is 6.46. The summed E-state index contributed by atoms with van der Waals surface area (Å²) in [7, 11) is 0. The first-order chi connectivity index (χ1) is 10.4. The van der Waals surface area contributed by atoms with E-state index in [1.807, 2.05) is 0 Å². The standard InChI is InChI=1S/C15H12F4N2O/c16-12-7-3-1-5-10(12)9-14(22)21-20-13-8-4-2-6-11(13)15(17,18)19/h1-8,20H,9H2,(H,21,22). The Morgan fingerprint density at radius 3 is 2.32 bits per heavy atom. The van der Waals surface area contributed by atoms with Gasteiger partial charge in [-0.15, -0.1) is 0 Å². The van der Waals surface area contributed by atoms with Gasteiger partial charge in [0.15, 0.2) is 0 Å². The van der Waals surface area contributed by atoms with E-state index in [0.717, 1.165) is 6.07 Å². The molecule has 0 aliphatic rings. The van der Waals surface area contributed by atoms with Crippen LogP contribution in [-0.4, -0.2) is 5.91 Å². The van der Waals surface area contributed by atoms with Crippen molar-refractivity contribution < 1.29 is 22.4 Å². The molecule has 3 nitrogen and oxygen atoms in total. The Morgan fingerprint density at radius 1 is 1.00 bits per heavy atom. The number of para-hydroxylation sites is 1. The molecule has 0 unspecified atom stereocenters. The third-order valence-corrected chi connectivity index (χ3v) is 2.88. The van der Waals surface area contributed by atoms with Crippen molar-refractivity contribution in [3.8, 4) is 0 Å². The zero-order valence-corrected chi connectivity index (χ0v) is 11.2. The van der Waals surface area contributed by atoms with Crippen LogP contribution in [0.4, 0.5) is 23.2 Å². The van der Waals surface area contributed by atoms with Crippen molar-refractivity contribution in [2.75, 3.05) is 5.43 Å². The molecule has 0 fully saturated rings. The van der Waals surface area contributed by atoms with E-state index in [4.69, 9.17) is 0 Å². The Morgan fingerprint density at radius 2 is 1.64 bits per heavy atom. The molecule has 2 aromatic carbocycles. The van der Waals surface area contributed by atoms with Crippen molar-refractivity contribution >= 4 is 11.6 Å². The molecule has 1 amide bonds. The number of amides is 1. The van der Waals surface area contributed by atoms with Crippen LogP contribution in [0.5, 0.6) is 0 Å². The van der Waals surface area contributed by atoms with Crippen LogP contribution in [0.2, 0.25) is 0 Å². The van der Waals surface area contributed by atoms with Crippen LogP contribution in [-0.2, 0) is 17.4 Å². The molecular weight excluding hydrogens is 300 g/mol. The summed E-state index contributed by atoms with van der Waals surface area (Å²) in [5.41, 5.74) is 3.32. The van der Waals surface area contributed by atoms with Gasteiger partial charge in [-0.1, -0.05) is 30.3 Å². The average Bonchev–Trinajstić information content (AvgIpc) is 2.47. The molecule has 0 radical (unpaired) electrons. The summed E-state index contributed by atoms with van der Waals surface area (Å²) < 4.78 is 51.7. The van der Waals surface area contributed by atoms with Crippen molar-refractivity contribution in [2.45, 2.75) is 12.6 Å². The van der Waals surface area contributed by atoms with E-state index in [1.54, 1.807) is 6.07 Å². The quantitative estimate of drug-likeness (QED) is 0.670. The third kappa shape index (κ3) is 3.97. The lowest BCUT2D eigenvalue weighted by molar-refractivity contribution is -0.137. The van der Waals surface area contributed by atoms with Gasteiger partial charge < -0.3 is 0 Å². The Balaban J connectivity index is 2.02. The molecule has 2 aromatic rings. The number of halogens is 4. The fourth-order valence-corrected chi connectivity index (χ4v) is 1.84. The maximum Gasteiger partial charge on any atom is 0.418 e. The number of hydrogen-bond acceptors (Lipinski definition) is 2. The third-order valence-electron chi connectivity index (χ3n) is 2.88. The zero-order valence-electron chi connectivity index (χ0n) is 11.2. The van der Waals surface area contributed by atoms with Crippen molar-refractivity contribution in [1.82, 2.24) is 5.43 Å². The number of rotatable bonds is 4. The second-order valence-electron chi connectivity index (χ2n) is 4.48. The van der Waals surface area contributed by atoms with Gasteiger partial charge in [0.2, 0.25) is 5.91 Å². The number of anilines is 1. The number of hydrogen-bond donors (Lipinski definition) is 2. The molecule has 0 atom stereocenters. The normalized spacial score (nSPS) is 11.1. The highest BCUT2D eigenvalue weighted by atomic mass is 19.4. The smallest absolute Gasteiger partial charge is 0.298 e. The number of carbonyl (C=O) groups excluding carboxylic acids is 1. The van der Waals surface area contributed by atoms with E-state index in [9.17, 15) is 22.4 Å². The Labute approximate surface area is 123 Å². The van der Waals surface area contributed by atoms with Crippen LogP contribution in [0.25, 0.3) is 0 Å². The second-order valence-corrected chi connectivity index (χ2v) is 4.48. The van der Waals surface area contributed by atoms with Gasteiger partial charge in [-0.05, 0) is 23.8 Å². The maximum atomic E-state index is 13.4. The Kier molecular flexibility index (Phi) is 4.65. The van der Waals surface area contributed by atoms with Crippen LogP contribution in [0.1, 0.15) is 11.1 Å². The molecule has 116 valence electrons. The first-order valence-corrected chi connectivity index (χ1v) is 6.32. The predicted octanol–water partition coefficient (Wildman–Crippen LogP) is 3.53. The molecule has 2 rings (SSSR count). The van der Waals surface area contributed by atoms with E-state index in [2.05, 4.69) is 10.9 Å². The van der Waals surface area contributed by atoms with Crippen LogP contribution in [0.3, 0.4) is 0 Å². The molecule has 7 heteroatoms. The van der Waals surface area contributed by atoms with E-state index in [-0.39, 0.29) is 17.7 Å². The van der Waals surface area contributed by atoms with Gasteiger partial charge in [0.05, 0.1) is 17.7 Å². The van der Waals surface area contributed by atoms with Gasteiger partial charge >= 0.3 is 6.18 Å². The Bertz CT molecular complexity index is 671. The fourth-order valence-electron chi connectivity index (χ4n) is 1.84. The summed E-state index contributed by atoms with van der Waals surface area (Å²) in [4.78, 5) is 11.7. The van der Waals surface area contributed by atoms with Gasteiger partial charge in [-0.25, -0.2) is 4.39 Å². The summed E-state index contributed by atoms with van der Waals surface area (Å²) in [6, 6.07) is 10.4. The van der Waals surface area contributed by atoms with E-state index < -0.39 is 23.5 Å². The minimum atomic E-state index is -4.54. The fraction of sp³-hybridized carbons (Fsp3) is 0.133. The van der Waals surface area contributed by atoms with Crippen LogP contribution >= 0.6 is 0 Å². The van der Waals surface area contributed by atoms with E-state index >= 15 is 0 Å². The number of benzene rings is 2. The molecule has 0 aliphatic carbocycles. The van der Waals surface area contributed by atoms with Crippen LogP contribution in [0.15, 0.2) is 48.5 Å². The number of alkyl halides is 3. The predicted molar refractivity (Wildman–Crippen MR) is 73.3 cm³/mol. The number of nitrogens with one attached hydrogen (secondary N) is 2. The number of hydrazine groups is 1. The lowest BCUT2D eigenvalue weighted by atomic mass is 10.1. The molecule has 2 N–H and O–H groups in total. The average molecular weight is 312 g/mol. The molecular formula is C15H12F4N2O. The molecule has 0 aromatic heterocycles. The van der Waals surface area contributed by atoms with Crippen molar-refractivity contribution in [3.05, 3.63) is 65.5 Å². The summed E-state index contributed by atoms with van der Waals surface area (Å²) >= 11 is 0. The SMILES string of the molecule is O=C(Cc1ccccc1F)NNc1ccccc1C(F)(F)F. The molecule has 0 spiro atoms. The van der Waals surface area contributed by atoms with Crippen LogP contribution < -0.4 is 10.9 Å². The van der Waals surface area contributed by atoms with Crippen LogP contribution in [0, 0.1) is 5.82 Å². The lowest BCUT2D eigenvalue weighted by Gasteiger charge is -2.15. The van der Waals surface area contributed by atoms with Crippen molar-refractivity contribution in [3.63, 3.8) is 0 Å². The summed E-state index contributed by atoms with van der Waals surface area (Å²) in [5.74, 6) is -1.20.